The first kappa shape index (κ1) is 19.9. The van der Waals surface area contributed by atoms with Gasteiger partial charge in [-0.05, 0) is 83.2 Å². The topological polar surface area (TPSA) is 36.1 Å². The molecule has 0 aliphatic carbocycles. The van der Waals surface area contributed by atoms with Crippen LogP contribution < -0.4 is 16.0 Å². The van der Waals surface area contributed by atoms with Crippen molar-refractivity contribution in [3.8, 4) is 0 Å². The lowest BCUT2D eigenvalue weighted by Crippen LogP contribution is -2.24. The Morgan fingerprint density at radius 2 is 0.850 bits per heavy atom. The molecule has 0 fully saturated rings. The van der Waals surface area contributed by atoms with Crippen molar-refractivity contribution in [3.05, 3.63) is 0 Å². The van der Waals surface area contributed by atoms with Crippen LogP contribution in [-0.4, -0.2) is 39.3 Å². The molecule has 0 bridgehead atoms. The third-order valence-corrected chi connectivity index (χ3v) is 3.46. The summed E-state index contributed by atoms with van der Waals surface area (Å²) in [5.41, 5.74) is 0. The lowest BCUT2D eigenvalue weighted by Gasteiger charge is -2.08. The average Bonchev–Trinajstić information content (AvgIpc) is 2.38. The fourth-order valence-electron chi connectivity index (χ4n) is 1.99. The van der Waals surface area contributed by atoms with Gasteiger partial charge < -0.3 is 16.0 Å². The molecule has 0 aliphatic rings. The van der Waals surface area contributed by atoms with E-state index in [0.717, 1.165) is 31.5 Å². The molecule has 0 atom stereocenters. The normalized spacial score (nSPS) is 11.7. The largest absolute Gasteiger partial charge is 0.317 e. The molecule has 0 aromatic heterocycles. The van der Waals surface area contributed by atoms with E-state index in [-0.39, 0.29) is 0 Å². The molecule has 0 radical (unpaired) electrons. The van der Waals surface area contributed by atoms with Gasteiger partial charge in [0, 0.05) is 0 Å². The van der Waals surface area contributed by atoms with Crippen molar-refractivity contribution in [2.24, 2.45) is 11.8 Å². The molecule has 0 aromatic carbocycles. The van der Waals surface area contributed by atoms with Crippen LogP contribution in [0.2, 0.25) is 0 Å². The molecule has 20 heavy (non-hydrogen) atoms. The summed E-state index contributed by atoms with van der Waals surface area (Å²) in [7, 11) is 0. The van der Waals surface area contributed by atoms with Gasteiger partial charge in [0.05, 0.1) is 0 Å². The molecule has 0 aromatic rings. The molecule has 0 rings (SSSR count). The number of hydrogen-bond donors (Lipinski definition) is 3. The third kappa shape index (κ3) is 17.9. The molecule has 0 spiro atoms. The molecule has 0 saturated carbocycles. The third-order valence-electron chi connectivity index (χ3n) is 3.46. The first-order chi connectivity index (χ1) is 9.63. The summed E-state index contributed by atoms with van der Waals surface area (Å²) < 4.78 is 0. The van der Waals surface area contributed by atoms with Crippen LogP contribution in [0.4, 0.5) is 0 Å². The van der Waals surface area contributed by atoms with Crippen LogP contribution in [0, 0.1) is 11.8 Å². The van der Waals surface area contributed by atoms with Crippen LogP contribution >= 0.6 is 0 Å². The molecular weight excluding hydrogens is 246 g/mol. The van der Waals surface area contributed by atoms with Gasteiger partial charge in [-0.25, -0.2) is 0 Å². The monoisotopic (exact) mass is 285 g/mol. The maximum Gasteiger partial charge on any atom is -0.00368 e. The van der Waals surface area contributed by atoms with Gasteiger partial charge in [0.15, 0.2) is 0 Å². The van der Waals surface area contributed by atoms with E-state index in [9.17, 15) is 0 Å². The smallest absolute Gasteiger partial charge is 0.00368 e. The second-order valence-electron chi connectivity index (χ2n) is 6.68. The van der Waals surface area contributed by atoms with Gasteiger partial charge in [-0.15, -0.1) is 0 Å². The summed E-state index contributed by atoms with van der Waals surface area (Å²) in [6.45, 7) is 16.1. The molecule has 0 heterocycles. The summed E-state index contributed by atoms with van der Waals surface area (Å²) in [4.78, 5) is 0. The quantitative estimate of drug-likeness (QED) is 0.405. The average molecular weight is 286 g/mol. The van der Waals surface area contributed by atoms with Gasteiger partial charge in [-0.2, -0.15) is 0 Å². The number of nitrogens with one attached hydrogen (secondary N) is 3. The highest BCUT2D eigenvalue weighted by molar-refractivity contribution is 4.56. The molecule has 3 N–H and O–H groups in total. The van der Waals surface area contributed by atoms with E-state index in [1.807, 2.05) is 0 Å². The van der Waals surface area contributed by atoms with Gasteiger partial charge in [-0.1, -0.05) is 27.7 Å². The lowest BCUT2D eigenvalue weighted by atomic mass is 10.1. The van der Waals surface area contributed by atoms with Crippen LogP contribution in [-0.2, 0) is 0 Å². The van der Waals surface area contributed by atoms with Crippen LogP contribution in [0.25, 0.3) is 0 Å². The Kier molecular flexibility index (Phi) is 15.2. The fraction of sp³-hybridized carbons (Fsp3) is 1.00. The van der Waals surface area contributed by atoms with Crippen molar-refractivity contribution in [1.82, 2.24) is 16.0 Å². The molecule has 3 nitrogen and oxygen atoms in total. The fourth-order valence-corrected chi connectivity index (χ4v) is 1.99. The van der Waals surface area contributed by atoms with Crippen LogP contribution in [0.1, 0.15) is 59.8 Å². The maximum absolute atomic E-state index is 3.53. The van der Waals surface area contributed by atoms with E-state index in [2.05, 4.69) is 43.6 Å². The SMILES string of the molecule is CC(C)CCNCCCCNCCCNCCC(C)C. The van der Waals surface area contributed by atoms with E-state index in [1.54, 1.807) is 0 Å². The Bertz CT molecular complexity index is 161. The Morgan fingerprint density at radius 3 is 1.25 bits per heavy atom. The molecule has 3 heteroatoms. The van der Waals surface area contributed by atoms with E-state index < -0.39 is 0 Å². The number of rotatable bonds is 15. The summed E-state index contributed by atoms with van der Waals surface area (Å²) in [6, 6.07) is 0. The first-order valence-corrected chi connectivity index (χ1v) is 8.75. The predicted octanol–water partition coefficient (Wildman–Crippen LogP) is 3.02. The van der Waals surface area contributed by atoms with Crippen LogP contribution in [0.3, 0.4) is 0 Å². The maximum atomic E-state index is 3.53. The summed E-state index contributed by atoms with van der Waals surface area (Å²) in [6.07, 6.45) is 6.40. The van der Waals surface area contributed by atoms with E-state index >= 15 is 0 Å². The Hall–Kier alpha value is -0.120. The van der Waals surface area contributed by atoms with Gasteiger partial charge in [0.2, 0.25) is 0 Å². The molecule has 0 amide bonds. The zero-order chi connectivity index (χ0) is 15.1. The lowest BCUT2D eigenvalue weighted by molar-refractivity contribution is 0.511. The van der Waals surface area contributed by atoms with Gasteiger partial charge in [-0.3, -0.25) is 0 Å². The van der Waals surface area contributed by atoms with E-state index in [0.29, 0.717) is 0 Å². The number of hydrogen-bond acceptors (Lipinski definition) is 3. The van der Waals surface area contributed by atoms with Crippen molar-refractivity contribution >= 4 is 0 Å². The minimum atomic E-state index is 0.815. The van der Waals surface area contributed by atoms with Crippen molar-refractivity contribution in [2.75, 3.05) is 39.3 Å². The highest BCUT2D eigenvalue weighted by Gasteiger charge is 1.94. The van der Waals surface area contributed by atoms with E-state index in [1.165, 1.54) is 51.7 Å². The van der Waals surface area contributed by atoms with Gasteiger partial charge in [0.1, 0.15) is 0 Å². The molecule has 122 valence electrons. The zero-order valence-corrected chi connectivity index (χ0v) is 14.4. The van der Waals surface area contributed by atoms with Crippen molar-refractivity contribution in [1.29, 1.82) is 0 Å². The van der Waals surface area contributed by atoms with Crippen molar-refractivity contribution in [2.45, 2.75) is 59.8 Å². The van der Waals surface area contributed by atoms with E-state index in [4.69, 9.17) is 0 Å². The Balaban J connectivity index is 2.96. The molecular formula is C17H39N3. The highest BCUT2D eigenvalue weighted by atomic mass is 14.9. The summed E-state index contributed by atoms with van der Waals surface area (Å²) in [5.74, 6) is 1.63. The standard InChI is InChI=1S/C17H39N3/c1-16(2)8-14-19-11-6-5-10-18-12-7-13-20-15-9-17(3)4/h16-20H,5-15H2,1-4H3. The van der Waals surface area contributed by atoms with Gasteiger partial charge >= 0.3 is 0 Å². The van der Waals surface area contributed by atoms with Gasteiger partial charge in [0.25, 0.3) is 0 Å². The summed E-state index contributed by atoms with van der Waals surface area (Å²) >= 11 is 0. The second-order valence-corrected chi connectivity index (χ2v) is 6.68. The molecule has 0 aliphatic heterocycles. The predicted molar refractivity (Wildman–Crippen MR) is 91.4 cm³/mol. The van der Waals surface area contributed by atoms with Crippen molar-refractivity contribution in [3.63, 3.8) is 0 Å². The molecule has 0 saturated heterocycles. The van der Waals surface area contributed by atoms with Crippen LogP contribution in [0.15, 0.2) is 0 Å². The number of unbranched alkanes of at least 4 members (excludes halogenated alkanes) is 1. The minimum Gasteiger partial charge on any atom is -0.317 e. The summed E-state index contributed by atoms with van der Waals surface area (Å²) in [5, 5.41) is 10.5. The van der Waals surface area contributed by atoms with Crippen LogP contribution in [0.5, 0.6) is 0 Å². The minimum absolute atomic E-state index is 0.815. The Morgan fingerprint density at radius 1 is 0.500 bits per heavy atom. The zero-order valence-electron chi connectivity index (χ0n) is 14.4. The first-order valence-electron chi connectivity index (χ1n) is 8.75. The molecule has 0 unspecified atom stereocenters. The second kappa shape index (κ2) is 15.3. The Labute approximate surface area is 127 Å². The van der Waals surface area contributed by atoms with Crippen molar-refractivity contribution < 1.29 is 0 Å². The highest BCUT2D eigenvalue weighted by Crippen LogP contribution is 1.97.